The summed E-state index contributed by atoms with van der Waals surface area (Å²) in [4.78, 5) is 35.4. The zero-order valence-electron chi connectivity index (χ0n) is 14.4. The van der Waals surface area contributed by atoms with E-state index in [0.29, 0.717) is 6.42 Å². The van der Waals surface area contributed by atoms with Crippen LogP contribution < -0.4 is 10.6 Å². The number of hydrogen-bond acceptors (Lipinski definition) is 3. The zero-order chi connectivity index (χ0) is 17.4. The lowest BCUT2D eigenvalue weighted by Crippen LogP contribution is -2.47. The van der Waals surface area contributed by atoms with Crippen LogP contribution in [0.25, 0.3) is 0 Å². The van der Waals surface area contributed by atoms with Crippen molar-refractivity contribution in [1.82, 2.24) is 10.6 Å². The minimum absolute atomic E-state index is 0.0155. The van der Waals surface area contributed by atoms with Crippen LogP contribution in [-0.4, -0.2) is 35.0 Å². The summed E-state index contributed by atoms with van der Waals surface area (Å²) in [7, 11) is 0. The number of carbonyl (C=O) groups is 3. The topological polar surface area (TPSA) is 95.5 Å². The number of carbonyl (C=O) groups excluding carboxylic acids is 2. The third kappa shape index (κ3) is 6.59. The van der Waals surface area contributed by atoms with Gasteiger partial charge in [0.05, 0.1) is 0 Å². The van der Waals surface area contributed by atoms with Crippen molar-refractivity contribution in [3.8, 4) is 0 Å². The summed E-state index contributed by atoms with van der Waals surface area (Å²) in [5.74, 6) is -1.42. The van der Waals surface area contributed by atoms with Crippen LogP contribution in [0.2, 0.25) is 0 Å². The largest absolute Gasteiger partial charge is 0.480 e. The molecule has 1 rings (SSSR count). The third-order valence-electron chi connectivity index (χ3n) is 4.65. The highest BCUT2D eigenvalue weighted by Gasteiger charge is 2.27. The van der Waals surface area contributed by atoms with Gasteiger partial charge in [0.25, 0.3) is 0 Å². The van der Waals surface area contributed by atoms with Crippen LogP contribution in [0.1, 0.15) is 65.7 Å². The Morgan fingerprint density at radius 2 is 1.70 bits per heavy atom. The highest BCUT2D eigenvalue weighted by atomic mass is 16.4. The lowest BCUT2D eigenvalue weighted by atomic mass is 9.88. The predicted molar refractivity (Wildman–Crippen MR) is 87.8 cm³/mol. The molecule has 1 saturated carbocycles. The van der Waals surface area contributed by atoms with Crippen LogP contribution >= 0.6 is 0 Å². The Bertz CT molecular complexity index is 419. The number of carboxylic acids is 1. The molecule has 6 heteroatoms. The molecule has 0 spiro atoms. The van der Waals surface area contributed by atoms with Crippen molar-refractivity contribution < 1.29 is 19.5 Å². The van der Waals surface area contributed by atoms with E-state index in [0.717, 1.165) is 25.7 Å². The van der Waals surface area contributed by atoms with E-state index in [1.807, 2.05) is 6.92 Å². The van der Waals surface area contributed by atoms with E-state index in [-0.39, 0.29) is 36.1 Å². The van der Waals surface area contributed by atoms with Gasteiger partial charge < -0.3 is 15.7 Å². The van der Waals surface area contributed by atoms with E-state index in [4.69, 9.17) is 0 Å². The monoisotopic (exact) mass is 326 g/mol. The van der Waals surface area contributed by atoms with Gasteiger partial charge in [-0.15, -0.1) is 0 Å². The van der Waals surface area contributed by atoms with Crippen molar-refractivity contribution in [2.75, 3.05) is 0 Å². The van der Waals surface area contributed by atoms with E-state index < -0.39 is 12.0 Å². The molecule has 1 aliphatic rings. The molecular formula is C17H30N2O4. The van der Waals surface area contributed by atoms with Crippen LogP contribution in [0.4, 0.5) is 0 Å². The van der Waals surface area contributed by atoms with Gasteiger partial charge in [0, 0.05) is 18.4 Å². The summed E-state index contributed by atoms with van der Waals surface area (Å²) >= 11 is 0. The average Bonchev–Trinajstić information content (AvgIpc) is 2.52. The van der Waals surface area contributed by atoms with E-state index in [2.05, 4.69) is 10.6 Å². The van der Waals surface area contributed by atoms with Gasteiger partial charge in [-0.25, -0.2) is 4.79 Å². The lowest BCUT2D eigenvalue weighted by Gasteiger charge is -2.24. The molecule has 6 nitrogen and oxygen atoms in total. The second-order valence-corrected chi connectivity index (χ2v) is 6.72. The number of carboxylic acid groups (broad SMARTS) is 1. The molecule has 0 aliphatic heterocycles. The first-order valence-electron chi connectivity index (χ1n) is 8.67. The van der Waals surface area contributed by atoms with Gasteiger partial charge in [0.2, 0.25) is 11.8 Å². The summed E-state index contributed by atoms with van der Waals surface area (Å²) in [6, 6.07) is -1.18. The van der Waals surface area contributed by atoms with Crippen LogP contribution in [-0.2, 0) is 14.4 Å². The molecule has 1 unspecified atom stereocenters. The highest BCUT2D eigenvalue weighted by molar-refractivity contribution is 5.85. The molecule has 0 heterocycles. The maximum atomic E-state index is 12.1. The first-order chi connectivity index (χ1) is 10.8. The van der Waals surface area contributed by atoms with Crippen molar-refractivity contribution in [2.24, 2.45) is 11.8 Å². The molecule has 23 heavy (non-hydrogen) atoms. The summed E-state index contributed by atoms with van der Waals surface area (Å²) in [5.41, 5.74) is 0. The van der Waals surface area contributed by atoms with Crippen molar-refractivity contribution in [2.45, 2.75) is 77.8 Å². The minimum atomic E-state index is -1.02. The van der Waals surface area contributed by atoms with Crippen molar-refractivity contribution in [3.63, 3.8) is 0 Å². The Morgan fingerprint density at radius 1 is 1.09 bits per heavy atom. The van der Waals surface area contributed by atoms with Crippen LogP contribution in [0.15, 0.2) is 0 Å². The molecule has 0 bridgehead atoms. The predicted octanol–water partition coefficient (Wildman–Crippen LogP) is 2.08. The maximum Gasteiger partial charge on any atom is 0.326 e. The van der Waals surface area contributed by atoms with Crippen LogP contribution in [0.5, 0.6) is 0 Å². The Kier molecular flexibility index (Phi) is 8.06. The van der Waals surface area contributed by atoms with Crippen molar-refractivity contribution >= 4 is 17.8 Å². The first-order valence-corrected chi connectivity index (χ1v) is 8.67. The van der Waals surface area contributed by atoms with E-state index in [9.17, 15) is 19.5 Å². The SMILES string of the molecule is CC[C@H](C)[C@H](NC(=O)CC(C)NC(=O)C1CCCCC1)C(=O)O. The van der Waals surface area contributed by atoms with E-state index in [1.54, 1.807) is 13.8 Å². The molecule has 0 radical (unpaired) electrons. The Labute approximate surface area is 138 Å². The van der Waals surface area contributed by atoms with Gasteiger partial charge >= 0.3 is 5.97 Å². The van der Waals surface area contributed by atoms with E-state index in [1.165, 1.54) is 6.42 Å². The van der Waals surface area contributed by atoms with Gasteiger partial charge in [0.1, 0.15) is 6.04 Å². The normalized spacial score (nSPS) is 19.4. The fourth-order valence-corrected chi connectivity index (χ4v) is 2.97. The molecule has 2 amide bonds. The number of rotatable bonds is 8. The van der Waals surface area contributed by atoms with Gasteiger partial charge in [-0.2, -0.15) is 0 Å². The fourth-order valence-electron chi connectivity index (χ4n) is 2.97. The van der Waals surface area contributed by atoms with Gasteiger partial charge in [-0.05, 0) is 25.7 Å². The van der Waals surface area contributed by atoms with E-state index >= 15 is 0 Å². The van der Waals surface area contributed by atoms with Crippen LogP contribution in [0, 0.1) is 11.8 Å². The quantitative estimate of drug-likeness (QED) is 0.636. The number of amides is 2. The van der Waals surface area contributed by atoms with Gasteiger partial charge in [-0.3, -0.25) is 9.59 Å². The third-order valence-corrected chi connectivity index (χ3v) is 4.65. The molecule has 3 atom stereocenters. The second kappa shape index (κ2) is 9.53. The number of nitrogens with one attached hydrogen (secondary N) is 2. The average molecular weight is 326 g/mol. The number of hydrogen-bond donors (Lipinski definition) is 3. The molecule has 132 valence electrons. The molecule has 3 N–H and O–H groups in total. The zero-order valence-corrected chi connectivity index (χ0v) is 14.4. The highest BCUT2D eigenvalue weighted by Crippen LogP contribution is 2.23. The smallest absolute Gasteiger partial charge is 0.326 e. The molecule has 0 aromatic rings. The summed E-state index contributed by atoms with van der Waals surface area (Å²) in [6.07, 6.45) is 5.96. The number of aliphatic carboxylic acids is 1. The molecule has 0 aromatic carbocycles. The van der Waals surface area contributed by atoms with Crippen LogP contribution in [0.3, 0.4) is 0 Å². The Balaban J connectivity index is 2.42. The van der Waals surface area contributed by atoms with Crippen molar-refractivity contribution in [3.05, 3.63) is 0 Å². The summed E-state index contributed by atoms with van der Waals surface area (Å²) in [5, 5.41) is 14.6. The Hall–Kier alpha value is -1.59. The molecule has 1 fully saturated rings. The van der Waals surface area contributed by atoms with Crippen molar-refractivity contribution in [1.29, 1.82) is 0 Å². The summed E-state index contributed by atoms with van der Waals surface area (Å²) < 4.78 is 0. The molecule has 0 saturated heterocycles. The summed E-state index contributed by atoms with van der Waals surface area (Å²) in [6.45, 7) is 5.46. The van der Waals surface area contributed by atoms with Gasteiger partial charge in [-0.1, -0.05) is 39.5 Å². The maximum absolute atomic E-state index is 12.1. The molecule has 0 aromatic heterocycles. The molecular weight excluding hydrogens is 296 g/mol. The minimum Gasteiger partial charge on any atom is -0.480 e. The second-order valence-electron chi connectivity index (χ2n) is 6.72. The Morgan fingerprint density at radius 3 is 2.22 bits per heavy atom. The van der Waals surface area contributed by atoms with Gasteiger partial charge in [0.15, 0.2) is 0 Å². The molecule has 1 aliphatic carbocycles. The lowest BCUT2D eigenvalue weighted by molar-refractivity contribution is -0.143. The standard InChI is InChI=1S/C17H30N2O4/c1-4-11(2)15(17(22)23)19-14(20)10-12(3)18-16(21)13-8-6-5-7-9-13/h11-13,15H,4-10H2,1-3H3,(H,18,21)(H,19,20)(H,22,23)/t11-,12?,15-/m0/s1. The fraction of sp³-hybridized carbons (Fsp3) is 0.824. The first kappa shape index (κ1) is 19.5.